The lowest BCUT2D eigenvalue weighted by molar-refractivity contribution is 0.102. The number of carbonyl (C=O) groups excluding carboxylic acids is 1. The number of anilines is 1. The van der Waals surface area contributed by atoms with Gasteiger partial charge in [0.2, 0.25) is 0 Å². The summed E-state index contributed by atoms with van der Waals surface area (Å²) in [6, 6.07) is 9.47. The first-order chi connectivity index (χ1) is 14.8. The third-order valence-electron chi connectivity index (χ3n) is 4.56. The smallest absolute Gasteiger partial charge is 0.258 e. The van der Waals surface area contributed by atoms with Crippen LogP contribution >= 0.6 is 50.1 Å². The zero-order chi connectivity index (χ0) is 22.5. The number of halogens is 3. The van der Waals surface area contributed by atoms with Crippen LogP contribution in [0.4, 0.5) is 5.82 Å². The Hall–Kier alpha value is -2.01. The molecule has 2 aromatic heterocycles. The lowest BCUT2D eigenvalue weighted by Crippen LogP contribution is -2.19. The summed E-state index contributed by atoms with van der Waals surface area (Å²) >= 11 is 12.1. The molecule has 0 saturated heterocycles. The second-order valence-electron chi connectivity index (χ2n) is 6.83. The number of nitrogens with one attached hydrogen (secondary N) is 1. The van der Waals surface area contributed by atoms with Crippen LogP contribution in [0.25, 0.3) is 16.7 Å². The topological polar surface area (TPSA) is 84.1 Å². The number of hydrogen-bond acceptors (Lipinski definition) is 5. The van der Waals surface area contributed by atoms with Crippen LogP contribution in [0.3, 0.4) is 0 Å². The molecule has 0 fully saturated rings. The molecule has 160 valence electrons. The van der Waals surface area contributed by atoms with Gasteiger partial charge in [-0.15, -0.1) is 0 Å². The summed E-state index contributed by atoms with van der Waals surface area (Å²) in [6.07, 6.45) is 6.76. The number of alkyl halides is 1. The quantitative estimate of drug-likeness (QED) is 0.162. The van der Waals surface area contributed by atoms with Crippen LogP contribution in [0.15, 0.2) is 59.6 Å². The summed E-state index contributed by atoms with van der Waals surface area (Å²) < 4.78 is 1.58. The molecule has 1 aromatic carbocycles. The van der Waals surface area contributed by atoms with Crippen LogP contribution in [0, 0.1) is 6.92 Å². The molecule has 3 aromatic rings. The van der Waals surface area contributed by atoms with Crippen molar-refractivity contribution in [3.8, 4) is 11.1 Å². The number of aromatic nitrogens is 2. The van der Waals surface area contributed by atoms with Crippen molar-refractivity contribution in [1.82, 2.24) is 15.0 Å². The van der Waals surface area contributed by atoms with Crippen LogP contribution in [-0.2, 0) is 0 Å². The first-order valence-electron chi connectivity index (χ1n) is 9.22. The lowest BCUT2D eigenvalue weighted by atomic mass is 10.0. The fraction of sp³-hybridized carbons (Fsp3) is 0.136. The number of hydrogen-bond donors (Lipinski definition) is 2. The summed E-state index contributed by atoms with van der Waals surface area (Å²) in [5.41, 5.74) is 5.11. The largest absolute Gasteiger partial charge is 0.321 e. The molecule has 6 nitrogen and oxygen atoms in total. The van der Waals surface area contributed by atoms with Gasteiger partial charge in [-0.25, -0.2) is 10.8 Å². The molecule has 0 bridgehead atoms. The van der Waals surface area contributed by atoms with Gasteiger partial charge in [-0.2, -0.15) is 0 Å². The Bertz CT molecular complexity index is 1140. The van der Waals surface area contributed by atoms with Gasteiger partial charge in [0.1, 0.15) is 5.82 Å². The molecule has 0 spiro atoms. The maximum absolute atomic E-state index is 12.6. The van der Waals surface area contributed by atoms with Gasteiger partial charge in [-0.05, 0) is 63.8 Å². The molecule has 0 atom stereocenters. The van der Waals surface area contributed by atoms with Crippen molar-refractivity contribution in [2.24, 2.45) is 5.84 Å². The average molecular weight is 613 g/mol. The molecular formula is C22H20BrClIN5O. The van der Waals surface area contributed by atoms with Crippen molar-refractivity contribution in [3.63, 3.8) is 0 Å². The summed E-state index contributed by atoms with van der Waals surface area (Å²) in [4.78, 5) is 21.0. The van der Waals surface area contributed by atoms with Crippen molar-refractivity contribution in [2.45, 2.75) is 6.92 Å². The standard InChI is InChI=1S/C22H20BrClIN5O/c1-13-18(10-27-11-19(13)23)22(31)29-21-6-4-15(9-28-21)17-7-14(3-5-20(17)24)16(8-25)12-30(2)26/h3-7,9-12H,8,26H2,1-2H3,(H,28,29,31)/b16-12+. The van der Waals surface area contributed by atoms with Crippen LogP contribution in [0.1, 0.15) is 21.5 Å². The fourth-order valence-electron chi connectivity index (χ4n) is 2.92. The van der Waals surface area contributed by atoms with E-state index in [0.29, 0.717) is 16.4 Å². The van der Waals surface area contributed by atoms with Crippen LogP contribution in [-0.4, -0.2) is 32.4 Å². The first kappa shape index (κ1) is 23.6. The van der Waals surface area contributed by atoms with Crippen molar-refractivity contribution in [2.75, 3.05) is 16.8 Å². The molecule has 0 saturated carbocycles. The number of hydrazine groups is 1. The SMILES string of the molecule is Cc1c(Br)cncc1C(=O)Nc1ccc(-c2cc(/C(=C/N(C)N)CI)ccc2Cl)cn1. The second-order valence-corrected chi connectivity index (χ2v) is 8.85. The van der Waals surface area contributed by atoms with Gasteiger partial charge >= 0.3 is 0 Å². The minimum Gasteiger partial charge on any atom is -0.321 e. The Kier molecular flexibility index (Phi) is 8.04. The molecule has 3 rings (SSSR count). The number of carbonyl (C=O) groups is 1. The highest BCUT2D eigenvalue weighted by atomic mass is 127. The Labute approximate surface area is 208 Å². The highest BCUT2D eigenvalue weighted by molar-refractivity contribution is 14.1. The van der Waals surface area contributed by atoms with Crippen molar-refractivity contribution >= 4 is 67.4 Å². The zero-order valence-corrected chi connectivity index (χ0v) is 21.4. The molecule has 31 heavy (non-hydrogen) atoms. The van der Waals surface area contributed by atoms with Gasteiger partial charge in [-0.3, -0.25) is 9.78 Å². The molecular weight excluding hydrogens is 593 g/mol. The molecule has 0 aliphatic heterocycles. The monoisotopic (exact) mass is 611 g/mol. The third-order valence-corrected chi connectivity index (χ3v) is 6.51. The van der Waals surface area contributed by atoms with Gasteiger partial charge in [-0.1, -0.05) is 40.3 Å². The third kappa shape index (κ3) is 5.82. The summed E-state index contributed by atoms with van der Waals surface area (Å²) in [5, 5.41) is 4.96. The number of allylic oxidation sites excluding steroid dienone is 1. The maximum atomic E-state index is 12.6. The van der Waals surface area contributed by atoms with Crippen LogP contribution < -0.4 is 11.2 Å². The number of amides is 1. The Morgan fingerprint density at radius 3 is 2.71 bits per heavy atom. The summed E-state index contributed by atoms with van der Waals surface area (Å²) in [6.45, 7) is 1.85. The van der Waals surface area contributed by atoms with Crippen LogP contribution in [0.5, 0.6) is 0 Å². The van der Waals surface area contributed by atoms with Crippen molar-refractivity contribution in [3.05, 3.63) is 81.3 Å². The van der Waals surface area contributed by atoms with E-state index in [0.717, 1.165) is 36.7 Å². The van der Waals surface area contributed by atoms with Crippen molar-refractivity contribution in [1.29, 1.82) is 0 Å². The van der Waals surface area contributed by atoms with Gasteiger partial charge in [0, 0.05) is 56.9 Å². The van der Waals surface area contributed by atoms with E-state index in [2.05, 4.69) is 53.8 Å². The van der Waals surface area contributed by atoms with Gasteiger partial charge in [0.15, 0.2) is 0 Å². The predicted molar refractivity (Wildman–Crippen MR) is 138 cm³/mol. The zero-order valence-electron chi connectivity index (χ0n) is 16.9. The minimum absolute atomic E-state index is 0.269. The predicted octanol–water partition coefficient (Wildman–Crippen LogP) is 5.70. The molecule has 0 aliphatic carbocycles. The number of pyridine rings is 2. The lowest BCUT2D eigenvalue weighted by Gasteiger charge is -2.13. The summed E-state index contributed by atoms with van der Waals surface area (Å²) in [7, 11) is 1.78. The molecule has 0 unspecified atom stereocenters. The average Bonchev–Trinajstić information content (AvgIpc) is 2.75. The van der Waals surface area contributed by atoms with Crippen LogP contribution in [0.2, 0.25) is 5.02 Å². The summed E-state index contributed by atoms with van der Waals surface area (Å²) in [5.74, 6) is 5.95. The van der Waals surface area contributed by atoms with E-state index in [1.54, 1.807) is 25.5 Å². The van der Waals surface area contributed by atoms with Gasteiger partial charge in [0.05, 0.1) is 5.56 Å². The Morgan fingerprint density at radius 1 is 1.29 bits per heavy atom. The van der Waals surface area contributed by atoms with Crippen molar-refractivity contribution < 1.29 is 4.79 Å². The number of nitrogens with two attached hydrogens (primary N) is 1. The molecule has 3 N–H and O–H groups in total. The van der Waals surface area contributed by atoms with E-state index in [9.17, 15) is 4.79 Å². The van der Waals surface area contributed by atoms with Gasteiger partial charge < -0.3 is 10.3 Å². The number of rotatable bonds is 6. The van der Waals surface area contributed by atoms with E-state index in [1.807, 2.05) is 37.4 Å². The first-order valence-corrected chi connectivity index (χ1v) is 11.9. The maximum Gasteiger partial charge on any atom is 0.258 e. The highest BCUT2D eigenvalue weighted by Gasteiger charge is 2.13. The molecule has 1 amide bonds. The minimum atomic E-state index is -0.269. The molecule has 9 heteroatoms. The van der Waals surface area contributed by atoms with E-state index >= 15 is 0 Å². The fourth-order valence-corrected chi connectivity index (χ4v) is 4.11. The van der Waals surface area contributed by atoms with E-state index in [-0.39, 0.29) is 5.91 Å². The second kappa shape index (κ2) is 10.5. The number of nitrogens with zero attached hydrogens (tertiary/aromatic N) is 3. The number of benzene rings is 1. The highest BCUT2D eigenvalue weighted by Crippen LogP contribution is 2.32. The van der Waals surface area contributed by atoms with E-state index in [1.165, 1.54) is 11.2 Å². The molecule has 0 radical (unpaired) electrons. The molecule has 2 heterocycles. The van der Waals surface area contributed by atoms with E-state index in [4.69, 9.17) is 17.4 Å². The van der Waals surface area contributed by atoms with Gasteiger partial charge in [0.25, 0.3) is 5.91 Å². The molecule has 0 aliphatic rings. The normalized spacial score (nSPS) is 11.4. The Morgan fingerprint density at radius 2 is 2.06 bits per heavy atom. The Balaban J connectivity index is 1.85. The van der Waals surface area contributed by atoms with E-state index < -0.39 is 0 Å².